The molecule has 0 heterocycles. The number of amides is 1. The molecule has 3 aromatic carbocycles. The van der Waals surface area contributed by atoms with E-state index in [4.69, 9.17) is 11.6 Å². The first-order valence-corrected chi connectivity index (χ1v) is 10.4. The lowest BCUT2D eigenvalue weighted by molar-refractivity contribution is 0.0951. The molecule has 0 saturated carbocycles. The van der Waals surface area contributed by atoms with Gasteiger partial charge >= 0.3 is 0 Å². The van der Waals surface area contributed by atoms with E-state index >= 15 is 0 Å². The summed E-state index contributed by atoms with van der Waals surface area (Å²) in [6.07, 6.45) is 0. The summed E-state index contributed by atoms with van der Waals surface area (Å²) in [6, 6.07) is 20.2. The Labute approximate surface area is 169 Å². The third-order valence-corrected chi connectivity index (χ3v) is 5.76. The van der Waals surface area contributed by atoms with Gasteiger partial charge in [-0.2, -0.15) is 0 Å². The van der Waals surface area contributed by atoms with Crippen molar-refractivity contribution in [1.82, 2.24) is 5.32 Å². The van der Waals surface area contributed by atoms with Crippen LogP contribution in [-0.2, 0) is 16.6 Å². The van der Waals surface area contributed by atoms with E-state index in [1.807, 2.05) is 12.1 Å². The third-order valence-electron chi connectivity index (χ3n) is 4.14. The average molecular weight is 415 g/mol. The number of anilines is 1. The summed E-state index contributed by atoms with van der Waals surface area (Å²) in [6.45, 7) is 2.09. The van der Waals surface area contributed by atoms with Crippen molar-refractivity contribution < 1.29 is 13.2 Å². The van der Waals surface area contributed by atoms with Crippen molar-refractivity contribution in [2.75, 3.05) is 4.72 Å². The topological polar surface area (TPSA) is 75.3 Å². The zero-order valence-corrected chi connectivity index (χ0v) is 16.7. The molecule has 0 aliphatic carbocycles. The summed E-state index contributed by atoms with van der Waals surface area (Å²) in [7, 11) is -3.73. The van der Waals surface area contributed by atoms with Crippen LogP contribution < -0.4 is 10.0 Å². The highest BCUT2D eigenvalue weighted by atomic mass is 35.5. The van der Waals surface area contributed by atoms with Crippen molar-refractivity contribution >= 4 is 33.2 Å². The van der Waals surface area contributed by atoms with Crippen LogP contribution in [0, 0.1) is 6.92 Å². The van der Waals surface area contributed by atoms with Gasteiger partial charge in [0.1, 0.15) is 0 Å². The molecule has 0 fully saturated rings. The van der Waals surface area contributed by atoms with Crippen molar-refractivity contribution in [2.45, 2.75) is 18.4 Å². The van der Waals surface area contributed by atoms with Crippen molar-refractivity contribution in [1.29, 1.82) is 0 Å². The maximum Gasteiger partial charge on any atom is 0.261 e. The SMILES string of the molecule is Cc1ccc(C(=O)NCc2cccc(Cl)c2)cc1NS(=O)(=O)c1ccccc1. The Balaban J connectivity index is 1.76. The lowest BCUT2D eigenvalue weighted by Crippen LogP contribution is -2.23. The summed E-state index contributed by atoms with van der Waals surface area (Å²) in [4.78, 5) is 12.6. The molecule has 1 amide bonds. The first kappa shape index (κ1) is 19.9. The average Bonchev–Trinajstić information content (AvgIpc) is 2.68. The van der Waals surface area contributed by atoms with Crippen molar-refractivity contribution in [2.24, 2.45) is 0 Å². The maximum atomic E-state index is 12.6. The fourth-order valence-corrected chi connectivity index (χ4v) is 3.96. The highest BCUT2D eigenvalue weighted by Gasteiger charge is 2.16. The number of sulfonamides is 1. The highest BCUT2D eigenvalue weighted by molar-refractivity contribution is 7.92. The Morgan fingerprint density at radius 2 is 1.71 bits per heavy atom. The predicted octanol–water partition coefficient (Wildman–Crippen LogP) is 4.38. The monoisotopic (exact) mass is 414 g/mol. The van der Waals surface area contributed by atoms with Gasteiger partial charge in [-0.1, -0.05) is 48.0 Å². The molecule has 0 aromatic heterocycles. The molecule has 0 bridgehead atoms. The van der Waals surface area contributed by atoms with E-state index in [9.17, 15) is 13.2 Å². The van der Waals surface area contributed by atoms with Gasteiger partial charge in [-0.05, 0) is 54.4 Å². The number of hydrogen-bond donors (Lipinski definition) is 2. The van der Waals surface area contributed by atoms with E-state index in [1.54, 1.807) is 49.4 Å². The zero-order chi connectivity index (χ0) is 20.1. The highest BCUT2D eigenvalue weighted by Crippen LogP contribution is 2.21. The normalized spacial score (nSPS) is 11.1. The van der Waals surface area contributed by atoms with Gasteiger partial charge in [-0.15, -0.1) is 0 Å². The molecule has 0 aliphatic heterocycles. The van der Waals surface area contributed by atoms with Crippen LogP contribution in [-0.4, -0.2) is 14.3 Å². The lowest BCUT2D eigenvalue weighted by atomic mass is 10.1. The summed E-state index contributed by atoms with van der Waals surface area (Å²) in [5.74, 6) is -0.305. The van der Waals surface area contributed by atoms with Crippen LogP contribution in [0.3, 0.4) is 0 Å². The Hall–Kier alpha value is -2.83. The summed E-state index contributed by atoms with van der Waals surface area (Å²) in [5, 5.41) is 3.41. The molecule has 0 radical (unpaired) electrons. The van der Waals surface area contributed by atoms with Gasteiger partial charge in [-0.25, -0.2) is 8.42 Å². The predicted molar refractivity (Wildman–Crippen MR) is 111 cm³/mol. The number of nitrogens with one attached hydrogen (secondary N) is 2. The molecule has 7 heteroatoms. The molecule has 144 valence electrons. The second-order valence-electron chi connectivity index (χ2n) is 6.26. The van der Waals surface area contributed by atoms with Crippen LogP contribution in [0.2, 0.25) is 5.02 Å². The molecule has 3 rings (SSSR count). The first-order chi connectivity index (χ1) is 13.3. The quantitative estimate of drug-likeness (QED) is 0.628. The largest absolute Gasteiger partial charge is 0.348 e. The number of carbonyl (C=O) groups excluding carboxylic acids is 1. The second-order valence-corrected chi connectivity index (χ2v) is 8.38. The fraction of sp³-hybridized carbons (Fsp3) is 0.0952. The van der Waals surface area contributed by atoms with E-state index in [0.717, 1.165) is 5.56 Å². The minimum atomic E-state index is -3.73. The van der Waals surface area contributed by atoms with Gasteiger partial charge < -0.3 is 5.32 Å². The van der Waals surface area contributed by atoms with Gasteiger partial charge in [0.15, 0.2) is 0 Å². The minimum absolute atomic E-state index is 0.158. The Morgan fingerprint density at radius 3 is 2.43 bits per heavy atom. The van der Waals surface area contributed by atoms with Crippen LogP contribution >= 0.6 is 11.6 Å². The van der Waals surface area contributed by atoms with Gasteiger partial charge in [0.25, 0.3) is 15.9 Å². The number of benzene rings is 3. The molecule has 3 aromatic rings. The van der Waals surface area contributed by atoms with Crippen LogP contribution in [0.15, 0.2) is 77.7 Å². The molecule has 0 spiro atoms. The van der Waals surface area contributed by atoms with Gasteiger partial charge in [-0.3, -0.25) is 9.52 Å². The zero-order valence-electron chi connectivity index (χ0n) is 15.1. The molecule has 2 N–H and O–H groups in total. The number of aryl methyl sites for hydroxylation is 1. The van der Waals surface area contributed by atoms with Crippen LogP contribution in [0.1, 0.15) is 21.5 Å². The van der Waals surface area contributed by atoms with E-state index < -0.39 is 10.0 Å². The molecular formula is C21H19ClN2O3S. The van der Waals surface area contributed by atoms with Gasteiger partial charge in [0.05, 0.1) is 10.6 Å². The Kier molecular flexibility index (Phi) is 6.02. The van der Waals surface area contributed by atoms with E-state index in [0.29, 0.717) is 28.4 Å². The molecule has 0 atom stereocenters. The maximum absolute atomic E-state index is 12.6. The van der Waals surface area contributed by atoms with Crippen molar-refractivity contribution in [3.63, 3.8) is 0 Å². The third kappa shape index (κ3) is 4.91. The van der Waals surface area contributed by atoms with E-state index in [-0.39, 0.29) is 10.8 Å². The smallest absolute Gasteiger partial charge is 0.261 e. The fourth-order valence-electron chi connectivity index (χ4n) is 2.61. The lowest BCUT2D eigenvalue weighted by Gasteiger charge is -2.12. The molecule has 0 aliphatic rings. The van der Waals surface area contributed by atoms with Crippen LogP contribution in [0.4, 0.5) is 5.69 Å². The standard InChI is InChI=1S/C21H19ClN2O3S/c1-15-10-11-17(21(25)23-14-16-6-5-7-18(22)12-16)13-20(15)24-28(26,27)19-8-3-2-4-9-19/h2-13,24H,14H2,1H3,(H,23,25). The van der Waals surface area contributed by atoms with Crippen molar-refractivity contribution in [3.05, 3.63) is 94.5 Å². The molecule has 5 nitrogen and oxygen atoms in total. The summed E-state index contributed by atoms with van der Waals surface area (Å²) >= 11 is 5.95. The Morgan fingerprint density at radius 1 is 0.964 bits per heavy atom. The summed E-state index contributed by atoms with van der Waals surface area (Å²) < 4.78 is 27.7. The van der Waals surface area contributed by atoms with Crippen LogP contribution in [0.25, 0.3) is 0 Å². The second kappa shape index (κ2) is 8.46. The summed E-state index contributed by atoms with van der Waals surface area (Å²) in [5.41, 5.74) is 2.31. The van der Waals surface area contributed by atoms with Gasteiger partial charge in [0.2, 0.25) is 0 Å². The molecule has 0 unspecified atom stereocenters. The number of hydrogen-bond acceptors (Lipinski definition) is 3. The number of halogens is 1. The first-order valence-electron chi connectivity index (χ1n) is 8.56. The van der Waals surface area contributed by atoms with Crippen molar-refractivity contribution in [3.8, 4) is 0 Å². The minimum Gasteiger partial charge on any atom is -0.348 e. The van der Waals surface area contributed by atoms with E-state index in [2.05, 4.69) is 10.0 Å². The van der Waals surface area contributed by atoms with Crippen LogP contribution in [0.5, 0.6) is 0 Å². The Bertz CT molecular complexity index is 1100. The molecule has 0 saturated heterocycles. The number of rotatable bonds is 6. The molecular weight excluding hydrogens is 396 g/mol. The van der Waals surface area contributed by atoms with E-state index in [1.165, 1.54) is 18.2 Å². The number of carbonyl (C=O) groups is 1. The van der Waals surface area contributed by atoms with Gasteiger partial charge in [0, 0.05) is 17.1 Å². The molecule has 28 heavy (non-hydrogen) atoms.